The van der Waals surface area contributed by atoms with E-state index in [-0.39, 0.29) is 16.7 Å². The number of nitro benzene ring substituents is 1. The van der Waals surface area contributed by atoms with Crippen LogP contribution in [0.1, 0.15) is 30.5 Å². The van der Waals surface area contributed by atoms with E-state index >= 15 is 0 Å². The van der Waals surface area contributed by atoms with Gasteiger partial charge < -0.3 is 5.32 Å². The van der Waals surface area contributed by atoms with Crippen molar-refractivity contribution in [2.24, 2.45) is 0 Å². The molecule has 0 aliphatic rings. The Balaban J connectivity index is 2.21. The van der Waals surface area contributed by atoms with Gasteiger partial charge in [-0.2, -0.15) is 5.10 Å². The fourth-order valence-corrected chi connectivity index (χ4v) is 2.25. The average molecular weight is 274 g/mol. The number of para-hydroxylation sites is 1. The second-order valence-corrected chi connectivity index (χ2v) is 4.61. The van der Waals surface area contributed by atoms with E-state index in [1.54, 1.807) is 29.1 Å². The van der Waals surface area contributed by atoms with E-state index in [1.807, 2.05) is 13.2 Å². The van der Waals surface area contributed by atoms with Crippen LogP contribution in [-0.4, -0.2) is 21.8 Å². The second kappa shape index (κ2) is 6.29. The molecule has 2 aromatic rings. The number of hydrogen-bond acceptors (Lipinski definition) is 4. The quantitative estimate of drug-likeness (QED) is 0.649. The lowest BCUT2D eigenvalue weighted by Crippen LogP contribution is -2.14. The summed E-state index contributed by atoms with van der Waals surface area (Å²) in [6.07, 6.45) is 4.70. The largest absolute Gasteiger partial charge is 0.313 e. The maximum Gasteiger partial charge on any atom is 0.274 e. The van der Waals surface area contributed by atoms with Gasteiger partial charge in [0, 0.05) is 23.9 Å². The fraction of sp³-hybridized carbons (Fsp3) is 0.357. The minimum absolute atomic E-state index is 0.130. The molecule has 1 N–H and O–H groups in total. The van der Waals surface area contributed by atoms with Crippen LogP contribution in [0.4, 0.5) is 5.69 Å². The molecular weight excluding hydrogens is 256 g/mol. The molecule has 2 rings (SSSR count). The molecule has 20 heavy (non-hydrogen) atoms. The van der Waals surface area contributed by atoms with Crippen LogP contribution in [-0.2, 0) is 6.54 Å². The van der Waals surface area contributed by atoms with E-state index in [9.17, 15) is 10.1 Å². The first kappa shape index (κ1) is 14.2. The highest BCUT2D eigenvalue weighted by Gasteiger charge is 2.14. The first-order valence-electron chi connectivity index (χ1n) is 6.57. The number of nitro groups is 1. The van der Waals surface area contributed by atoms with Crippen molar-refractivity contribution in [2.75, 3.05) is 7.05 Å². The number of hydrogen-bond donors (Lipinski definition) is 1. The van der Waals surface area contributed by atoms with Crippen LogP contribution in [0.5, 0.6) is 0 Å². The van der Waals surface area contributed by atoms with Gasteiger partial charge in [0.2, 0.25) is 0 Å². The van der Waals surface area contributed by atoms with Crippen molar-refractivity contribution in [2.45, 2.75) is 25.9 Å². The Kier molecular flexibility index (Phi) is 4.47. The van der Waals surface area contributed by atoms with E-state index in [4.69, 9.17) is 0 Å². The Hall–Kier alpha value is -2.21. The highest BCUT2D eigenvalue weighted by Crippen LogP contribution is 2.20. The first-order chi connectivity index (χ1) is 9.65. The van der Waals surface area contributed by atoms with Crippen molar-refractivity contribution in [3.63, 3.8) is 0 Å². The topological polar surface area (TPSA) is 73.0 Å². The number of rotatable bonds is 6. The summed E-state index contributed by atoms with van der Waals surface area (Å²) in [7, 11) is 1.91. The van der Waals surface area contributed by atoms with Gasteiger partial charge in [-0.3, -0.25) is 14.8 Å². The molecule has 106 valence electrons. The van der Waals surface area contributed by atoms with Crippen LogP contribution >= 0.6 is 0 Å². The first-order valence-corrected chi connectivity index (χ1v) is 6.57. The van der Waals surface area contributed by atoms with E-state index in [0.29, 0.717) is 12.1 Å². The molecule has 1 heterocycles. The maximum absolute atomic E-state index is 11.0. The summed E-state index contributed by atoms with van der Waals surface area (Å²) in [5.41, 5.74) is 1.88. The SMILES string of the molecule is CCC(NC)c1cnn(Cc2ccccc2[N+](=O)[O-])c1. The van der Waals surface area contributed by atoms with Crippen LogP contribution < -0.4 is 5.32 Å². The zero-order valence-electron chi connectivity index (χ0n) is 11.6. The number of benzene rings is 1. The highest BCUT2D eigenvalue weighted by molar-refractivity contribution is 5.39. The predicted molar refractivity (Wildman–Crippen MR) is 76.5 cm³/mol. The van der Waals surface area contributed by atoms with E-state index in [2.05, 4.69) is 17.3 Å². The molecule has 1 atom stereocenters. The molecule has 1 aromatic carbocycles. The van der Waals surface area contributed by atoms with E-state index < -0.39 is 0 Å². The van der Waals surface area contributed by atoms with Gasteiger partial charge in [-0.15, -0.1) is 0 Å². The zero-order chi connectivity index (χ0) is 14.5. The third kappa shape index (κ3) is 3.03. The zero-order valence-corrected chi connectivity index (χ0v) is 11.6. The van der Waals surface area contributed by atoms with Crippen LogP contribution in [0.3, 0.4) is 0 Å². The van der Waals surface area contributed by atoms with Crippen molar-refractivity contribution in [3.8, 4) is 0 Å². The molecule has 0 spiro atoms. The lowest BCUT2D eigenvalue weighted by Gasteiger charge is -2.10. The minimum atomic E-state index is -0.359. The van der Waals surface area contributed by atoms with Crippen molar-refractivity contribution in [1.82, 2.24) is 15.1 Å². The van der Waals surface area contributed by atoms with Gasteiger partial charge in [-0.05, 0) is 13.5 Å². The Morgan fingerprint density at radius 1 is 1.45 bits per heavy atom. The smallest absolute Gasteiger partial charge is 0.274 e. The molecule has 1 unspecified atom stereocenters. The Morgan fingerprint density at radius 2 is 2.20 bits per heavy atom. The van der Waals surface area contributed by atoms with Crippen molar-refractivity contribution in [1.29, 1.82) is 0 Å². The standard InChI is InChI=1S/C14H18N4O2/c1-3-13(15-2)12-8-16-17(10-12)9-11-6-4-5-7-14(11)18(19)20/h4-8,10,13,15H,3,9H2,1-2H3. The van der Waals surface area contributed by atoms with Crippen LogP contribution in [0.2, 0.25) is 0 Å². The third-order valence-electron chi connectivity index (χ3n) is 3.33. The second-order valence-electron chi connectivity index (χ2n) is 4.61. The summed E-state index contributed by atoms with van der Waals surface area (Å²) < 4.78 is 1.73. The Bertz CT molecular complexity index is 590. The van der Waals surface area contributed by atoms with Crippen molar-refractivity contribution in [3.05, 3.63) is 57.9 Å². The fourth-order valence-electron chi connectivity index (χ4n) is 2.25. The monoisotopic (exact) mass is 274 g/mol. The molecule has 1 aromatic heterocycles. The molecule has 0 aliphatic carbocycles. The molecular formula is C14H18N4O2. The van der Waals surface area contributed by atoms with Crippen molar-refractivity contribution >= 4 is 5.69 Å². The molecule has 0 fully saturated rings. The lowest BCUT2D eigenvalue weighted by molar-refractivity contribution is -0.385. The van der Waals surface area contributed by atoms with Gasteiger partial charge in [-0.1, -0.05) is 25.1 Å². The average Bonchev–Trinajstić information content (AvgIpc) is 2.89. The van der Waals surface area contributed by atoms with E-state index in [0.717, 1.165) is 12.0 Å². The van der Waals surface area contributed by atoms with E-state index in [1.165, 1.54) is 6.07 Å². The van der Waals surface area contributed by atoms with Gasteiger partial charge in [0.25, 0.3) is 5.69 Å². The summed E-state index contributed by atoms with van der Waals surface area (Å²) in [5, 5.41) is 18.5. The number of nitrogens with one attached hydrogen (secondary N) is 1. The van der Waals surface area contributed by atoms with Crippen LogP contribution in [0.25, 0.3) is 0 Å². The number of nitrogens with zero attached hydrogens (tertiary/aromatic N) is 3. The maximum atomic E-state index is 11.0. The Morgan fingerprint density at radius 3 is 2.85 bits per heavy atom. The highest BCUT2D eigenvalue weighted by atomic mass is 16.6. The predicted octanol–water partition coefficient (Wildman–Crippen LogP) is 2.51. The summed E-state index contributed by atoms with van der Waals surface area (Å²) >= 11 is 0. The molecule has 0 amide bonds. The molecule has 0 bridgehead atoms. The third-order valence-corrected chi connectivity index (χ3v) is 3.33. The summed E-state index contributed by atoms with van der Waals surface area (Å²) in [4.78, 5) is 10.6. The van der Waals surface area contributed by atoms with Gasteiger partial charge in [-0.25, -0.2) is 0 Å². The summed E-state index contributed by atoms with van der Waals surface area (Å²) in [6, 6.07) is 7.01. The van der Waals surface area contributed by atoms with Gasteiger partial charge in [0.05, 0.1) is 23.2 Å². The minimum Gasteiger partial charge on any atom is -0.313 e. The van der Waals surface area contributed by atoms with Gasteiger partial charge in [0.1, 0.15) is 0 Å². The summed E-state index contributed by atoms with van der Waals surface area (Å²) in [5.74, 6) is 0. The van der Waals surface area contributed by atoms with Crippen LogP contribution in [0.15, 0.2) is 36.7 Å². The molecule has 0 saturated carbocycles. The normalized spacial score (nSPS) is 12.3. The molecule has 0 radical (unpaired) electrons. The van der Waals surface area contributed by atoms with Crippen molar-refractivity contribution < 1.29 is 4.92 Å². The Labute approximate surface area is 117 Å². The molecule has 0 aliphatic heterocycles. The number of aromatic nitrogens is 2. The molecule has 6 heteroatoms. The van der Waals surface area contributed by atoms with Crippen LogP contribution in [0, 0.1) is 10.1 Å². The van der Waals surface area contributed by atoms with Gasteiger partial charge in [0.15, 0.2) is 0 Å². The summed E-state index contributed by atoms with van der Waals surface area (Å²) in [6.45, 7) is 2.50. The molecule has 6 nitrogen and oxygen atoms in total. The lowest BCUT2D eigenvalue weighted by atomic mass is 10.1. The van der Waals surface area contributed by atoms with Gasteiger partial charge >= 0.3 is 0 Å². The molecule has 0 saturated heterocycles.